The van der Waals surface area contributed by atoms with Crippen LogP contribution < -0.4 is 5.69 Å². The van der Waals surface area contributed by atoms with Crippen molar-refractivity contribution in [3.63, 3.8) is 0 Å². The highest BCUT2D eigenvalue weighted by atomic mass is 35.5. The van der Waals surface area contributed by atoms with Crippen LogP contribution in [0.15, 0.2) is 11.0 Å². The maximum absolute atomic E-state index is 12.3. The SMILES string of the molecule is CC(C)(C)OC(=O)N1CCC[C@@H](n2c(=O)[nH]c3cnc(Cl)nc32)C1. The summed E-state index contributed by atoms with van der Waals surface area (Å²) < 4.78 is 6.98. The van der Waals surface area contributed by atoms with Crippen LogP contribution in [0.25, 0.3) is 11.2 Å². The van der Waals surface area contributed by atoms with Crippen molar-refractivity contribution in [2.24, 2.45) is 0 Å². The van der Waals surface area contributed by atoms with Gasteiger partial charge in [-0.1, -0.05) is 0 Å². The molecule has 1 saturated heterocycles. The normalized spacial score (nSPS) is 18.8. The van der Waals surface area contributed by atoms with Crippen LogP contribution in [0.2, 0.25) is 5.28 Å². The van der Waals surface area contributed by atoms with Gasteiger partial charge in [-0.3, -0.25) is 4.57 Å². The molecule has 0 aromatic carbocycles. The number of hydrogen-bond acceptors (Lipinski definition) is 5. The van der Waals surface area contributed by atoms with E-state index in [1.165, 1.54) is 6.20 Å². The Bertz CT molecular complexity index is 823. The summed E-state index contributed by atoms with van der Waals surface area (Å²) in [5, 5.41) is 0.0788. The van der Waals surface area contributed by atoms with Crippen LogP contribution in [0.4, 0.5) is 4.79 Å². The van der Waals surface area contributed by atoms with Crippen LogP contribution in [0, 0.1) is 0 Å². The molecule has 1 aliphatic heterocycles. The molecule has 1 fully saturated rings. The third-order valence-corrected chi connectivity index (χ3v) is 4.02. The Balaban J connectivity index is 1.88. The van der Waals surface area contributed by atoms with Crippen LogP contribution >= 0.6 is 11.6 Å². The van der Waals surface area contributed by atoms with E-state index in [-0.39, 0.29) is 23.1 Å². The minimum Gasteiger partial charge on any atom is -0.444 e. The van der Waals surface area contributed by atoms with Crippen LogP contribution in [-0.2, 0) is 4.74 Å². The summed E-state index contributed by atoms with van der Waals surface area (Å²) in [5.74, 6) is 0. The predicted octanol–water partition coefficient (Wildman–Crippen LogP) is 2.35. The second-order valence-electron chi connectivity index (χ2n) is 6.90. The van der Waals surface area contributed by atoms with E-state index < -0.39 is 5.60 Å². The zero-order valence-electron chi connectivity index (χ0n) is 13.9. The molecule has 0 unspecified atom stereocenters. The summed E-state index contributed by atoms with van der Waals surface area (Å²) >= 11 is 5.85. The van der Waals surface area contributed by atoms with E-state index in [0.717, 1.165) is 12.8 Å². The van der Waals surface area contributed by atoms with Gasteiger partial charge < -0.3 is 14.6 Å². The average Bonchev–Trinajstić information content (AvgIpc) is 2.81. The smallest absolute Gasteiger partial charge is 0.410 e. The molecule has 1 atom stereocenters. The molecule has 3 rings (SSSR count). The lowest BCUT2D eigenvalue weighted by Gasteiger charge is -2.34. The zero-order chi connectivity index (χ0) is 17.5. The van der Waals surface area contributed by atoms with Gasteiger partial charge in [0.2, 0.25) is 5.28 Å². The molecule has 0 saturated carbocycles. The number of likely N-dealkylation sites (tertiary alicyclic amines) is 1. The number of halogens is 1. The standard InChI is InChI=1S/C15H20ClN5O3/c1-15(2,3)24-14(23)20-6-4-5-9(8-20)21-11-10(18-13(21)22)7-17-12(16)19-11/h7,9H,4-6,8H2,1-3H3,(H,18,22)/t9-/m1/s1. The van der Waals surface area contributed by atoms with Gasteiger partial charge in [-0.15, -0.1) is 0 Å². The van der Waals surface area contributed by atoms with Crippen LogP contribution in [0.1, 0.15) is 39.7 Å². The Morgan fingerprint density at radius 1 is 1.46 bits per heavy atom. The second kappa shape index (κ2) is 6.08. The Labute approximate surface area is 143 Å². The number of aromatic nitrogens is 4. The van der Waals surface area contributed by atoms with E-state index in [9.17, 15) is 9.59 Å². The molecule has 2 aromatic heterocycles. The lowest BCUT2D eigenvalue weighted by molar-refractivity contribution is 0.0172. The van der Waals surface area contributed by atoms with E-state index in [0.29, 0.717) is 24.3 Å². The summed E-state index contributed by atoms with van der Waals surface area (Å²) in [6.45, 7) is 6.49. The van der Waals surface area contributed by atoms with Crippen molar-refractivity contribution in [1.82, 2.24) is 24.4 Å². The van der Waals surface area contributed by atoms with E-state index >= 15 is 0 Å². The first-order valence-corrected chi connectivity index (χ1v) is 8.23. The van der Waals surface area contributed by atoms with Crippen molar-refractivity contribution in [1.29, 1.82) is 0 Å². The van der Waals surface area contributed by atoms with Crippen molar-refractivity contribution in [3.8, 4) is 0 Å². The third-order valence-electron chi connectivity index (χ3n) is 3.84. The number of piperidine rings is 1. The van der Waals surface area contributed by atoms with Gasteiger partial charge in [-0.25, -0.2) is 14.6 Å². The van der Waals surface area contributed by atoms with Gasteiger partial charge in [0.25, 0.3) is 0 Å². The first-order valence-electron chi connectivity index (χ1n) is 7.85. The van der Waals surface area contributed by atoms with Gasteiger partial charge >= 0.3 is 11.8 Å². The van der Waals surface area contributed by atoms with Gasteiger partial charge in [0.1, 0.15) is 11.1 Å². The minimum atomic E-state index is -0.553. The Morgan fingerprint density at radius 3 is 2.92 bits per heavy atom. The number of carbonyl (C=O) groups excluding carboxylic acids is 1. The highest BCUT2D eigenvalue weighted by molar-refractivity contribution is 6.28. The number of ether oxygens (including phenoxy) is 1. The summed E-state index contributed by atoms with van der Waals surface area (Å²) in [6, 6.07) is -0.182. The molecular formula is C15H20ClN5O3. The Kier molecular flexibility index (Phi) is 4.25. The molecule has 3 heterocycles. The number of amides is 1. The van der Waals surface area contributed by atoms with Crippen molar-refractivity contribution < 1.29 is 9.53 Å². The average molecular weight is 354 g/mol. The van der Waals surface area contributed by atoms with E-state index in [4.69, 9.17) is 16.3 Å². The molecule has 0 bridgehead atoms. The molecule has 2 aromatic rings. The van der Waals surface area contributed by atoms with Crippen molar-refractivity contribution in [3.05, 3.63) is 22.0 Å². The number of aromatic amines is 1. The van der Waals surface area contributed by atoms with Crippen molar-refractivity contribution in [2.75, 3.05) is 13.1 Å². The monoisotopic (exact) mass is 353 g/mol. The highest BCUT2D eigenvalue weighted by Crippen LogP contribution is 2.24. The molecule has 8 nitrogen and oxygen atoms in total. The predicted molar refractivity (Wildman–Crippen MR) is 89.2 cm³/mol. The maximum atomic E-state index is 12.3. The summed E-state index contributed by atoms with van der Waals surface area (Å²) in [6.07, 6.45) is 2.67. The van der Waals surface area contributed by atoms with Crippen LogP contribution in [-0.4, -0.2) is 49.2 Å². The minimum absolute atomic E-state index is 0.0788. The summed E-state index contributed by atoms with van der Waals surface area (Å²) in [4.78, 5) is 37.0. The molecule has 0 spiro atoms. The van der Waals surface area contributed by atoms with Crippen molar-refractivity contribution in [2.45, 2.75) is 45.3 Å². The zero-order valence-corrected chi connectivity index (χ0v) is 14.6. The first-order chi connectivity index (χ1) is 11.2. The second-order valence-corrected chi connectivity index (χ2v) is 7.24. The van der Waals surface area contributed by atoms with E-state index in [1.807, 2.05) is 20.8 Å². The molecule has 130 valence electrons. The first kappa shape index (κ1) is 16.8. The number of carbonyl (C=O) groups is 1. The molecule has 0 radical (unpaired) electrons. The van der Waals surface area contributed by atoms with Crippen molar-refractivity contribution >= 4 is 28.9 Å². The Morgan fingerprint density at radius 2 is 2.21 bits per heavy atom. The molecular weight excluding hydrogens is 334 g/mol. The lowest BCUT2D eigenvalue weighted by atomic mass is 10.1. The number of nitrogens with zero attached hydrogens (tertiary/aromatic N) is 4. The number of rotatable bonds is 1. The summed E-state index contributed by atoms with van der Waals surface area (Å²) in [5.41, 5.74) is 0.148. The fraction of sp³-hybridized carbons (Fsp3) is 0.600. The molecule has 0 aliphatic carbocycles. The van der Waals surface area contributed by atoms with Gasteiger partial charge in [-0.05, 0) is 45.2 Å². The number of hydrogen-bond donors (Lipinski definition) is 1. The van der Waals surface area contributed by atoms with Crippen LogP contribution in [0.3, 0.4) is 0 Å². The highest BCUT2D eigenvalue weighted by Gasteiger charge is 2.30. The fourth-order valence-corrected chi connectivity index (χ4v) is 3.02. The topological polar surface area (TPSA) is 93.1 Å². The summed E-state index contributed by atoms with van der Waals surface area (Å²) in [7, 11) is 0. The number of H-pyrrole nitrogens is 1. The molecule has 24 heavy (non-hydrogen) atoms. The quantitative estimate of drug-likeness (QED) is 0.794. The van der Waals surface area contributed by atoms with Gasteiger partial charge in [-0.2, -0.15) is 4.98 Å². The molecule has 1 amide bonds. The number of nitrogens with one attached hydrogen (secondary N) is 1. The third kappa shape index (κ3) is 3.38. The van der Waals surface area contributed by atoms with Gasteiger partial charge in [0.15, 0.2) is 5.65 Å². The van der Waals surface area contributed by atoms with Gasteiger partial charge in [0.05, 0.1) is 12.2 Å². The maximum Gasteiger partial charge on any atom is 0.410 e. The number of fused-ring (bicyclic) bond motifs is 1. The molecule has 9 heteroatoms. The van der Waals surface area contributed by atoms with Crippen LogP contribution in [0.5, 0.6) is 0 Å². The fourth-order valence-electron chi connectivity index (χ4n) is 2.89. The largest absolute Gasteiger partial charge is 0.444 e. The lowest BCUT2D eigenvalue weighted by Crippen LogP contribution is -2.44. The van der Waals surface area contributed by atoms with E-state index in [1.54, 1.807) is 9.47 Å². The van der Waals surface area contributed by atoms with Gasteiger partial charge in [0, 0.05) is 13.1 Å². The number of imidazole rings is 1. The molecule has 1 aliphatic rings. The molecule has 1 N–H and O–H groups in total. The van der Waals surface area contributed by atoms with E-state index in [2.05, 4.69) is 15.0 Å². The Hall–Kier alpha value is -2.09.